The molecule has 2 fully saturated rings. The van der Waals surface area contributed by atoms with Gasteiger partial charge in [-0.15, -0.1) is 0 Å². The van der Waals surface area contributed by atoms with Crippen LogP contribution in [0.2, 0.25) is 0 Å². The van der Waals surface area contributed by atoms with Crippen molar-refractivity contribution in [2.45, 2.75) is 43.6 Å². The number of rotatable bonds is 3. The lowest BCUT2D eigenvalue weighted by molar-refractivity contribution is -0.440. The summed E-state index contributed by atoms with van der Waals surface area (Å²) in [7, 11) is 0. The van der Waals surface area contributed by atoms with Crippen molar-refractivity contribution in [2.75, 3.05) is 0 Å². The van der Waals surface area contributed by atoms with E-state index < -0.39 is 12.0 Å². The molecular formula is C9H15NO4. The Bertz CT molecular complexity index is 245. The fraction of sp³-hybridized carbons (Fsp3) is 0.889. The number of carbonyl (C=O) groups excluding carboxylic acids is 1. The van der Waals surface area contributed by atoms with Crippen LogP contribution in [0.4, 0.5) is 0 Å². The van der Waals surface area contributed by atoms with E-state index in [2.05, 4.69) is 5.73 Å². The lowest BCUT2D eigenvalue weighted by Gasteiger charge is -2.22. The zero-order chi connectivity index (χ0) is 10.3. The molecule has 2 aliphatic rings. The smallest absolute Gasteiger partial charge is 0.125 e. The van der Waals surface area contributed by atoms with Crippen LogP contribution in [0.5, 0.6) is 0 Å². The second-order valence-electron chi connectivity index (χ2n) is 4.22. The van der Waals surface area contributed by atoms with Crippen LogP contribution in [0.3, 0.4) is 0 Å². The molecule has 0 amide bonds. The first-order valence-electron chi connectivity index (χ1n) is 4.97. The zero-order valence-electron chi connectivity index (χ0n) is 7.89. The predicted molar refractivity (Wildman–Crippen MR) is 43.7 cm³/mol. The summed E-state index contributed by atoms with van der Waals surface area (Å²) in [5.41, 5.74) is 3.52. The first-order valence-corrected chi connectivity index (χ1v) is 4.97. The van der Waals surface area contributed by atoms with Gasteiger partial charge < -0.3 is 25.5 Å². The maximum atomic E-state index is 10.5. The standard InChI is InChI=1S/C9H15NO4/c10-5(9(12)13)3-4-1-2-6(11)8-7(4)14-8/h4-8,11H,1-3,10H2,(H,12,13)/t4-,5-,6+,7+,8-/m0/s1. The van der Waals surface area contributed by atoms with E-state index in [0.717, 1.165) is 6.42 Å². The van der Waals surface area contributed by atoms with E-state index in [1.165, 1.54) is 0 Å². The zero-order valence-corrected chi connectivity index (χ0v) is 7.89. The molecule has 14 heavy (non-hydrogen) atoms. The van der Waals surface area contributed by atoms with Crippen LogP contribution in [0, 0.1) is 5.92 Å². The first-order chi connectivity index (χ1) is 6.59. The number of carboxylic acids is 1. The third kappa shape index (κ3) is 1.75. The lowest BCUT2D eigenvalue weighted by Crippen LogP contribution is -2.69. The number of hydrogen-bond acceptors (Lipinski definition) is 4. The monoisotopic (exact) mass is 201 g/mol. The number of carboxylic acid groups (broad SMARTS) is 1. The van der Waals surface area contributed by atoms with Gasteiger partial charge in [0.25, 0.3) is 0 Å². The topological polar surface area (TPSA) is 101 Å². The summed E-state index contributed by atoms with van der Waals surface area (Å²) in [6, 6.07) is -0.667. The summed E-state index contributed by atoms with van der Waals surface area (Å²) in [4.78, 5) is 10.5. The molecule has 0 spiro atoms. The molecule has 2 rings (SSSR count). The van der Waals surface area contributed by atoms with Crippen molar-refractivity contribution >= 4 is 5.97 Å². The normalized spacial score (nSPS) is 42.7. The van der Waals surface area contributed by atoms with Crippen molar-refractivity contribution in [3.63, 3.8) is 0 Å². The molecule has 1 heterocycles. The van der Waals surface area contributed by atoms with Gasteiger partial charge in [-0.25, -0.2) is 0 Å². The van der Waals surface area contributed by atoms with Crippen LogP contribution in [0.25, 0.3) is 0 Å². The molecular weight excluding hydrogens is 186 g/mol. The van der Waals surface area contributed by atoms with E-state index in [0.29, 0.717) is 12.8 Å². The van der Waals surface area contributed by atoms with E-state index in [1.807, 2.05) is 0 Å². The van der Waals surface area contributed by atoms with Gasteiger partial charge in [-0.3, -0.25) is 0 Å². The maximum Gasteiger partial charge on any atom is 0.125 e. The molecule has 0 aromatic heterocycles. The van der Waals surface area contributed by atoms with Crippen LogP contribution in [0.1, 0.15) is 19.3 Å². The molecule has 5 atom stereocenters. The average Bonchev–Trinajstić information content (AvgIpc) is 2.89. The van der Waals surface area contributed by atoms with Gasteiger partial charge in [-0.1, -0.05) is 0 Å². The summed E-state index contributed by atoms with van der Waals surface area (Å²) in [5, 5.41) is 19.9. The average molecular weight is 201 g/mol. The van der Waals surface area contributed by atoms with Crippen molar-refractivity contribution in [2.24, 2.45) is 5.92 Å². The number of aliphatic carboxylic acids is 1. The molecule has 1 aliphatic heterocycles. The minimum Gasteiger partial charge on any atom is -0.544 e. The number of quaternary nitrogens is 1. The molecule has 1 aliphatic carbocycles. The van der Waals surface area contributed by atoms with Gasteiger partial charge in [0, 0.05) is 6.42 Å². The second kappa shape index (κ2) is 3.49. The summed E-state index contributed by atoms with van der Waals surface area (Å²) < 4.78 is 5.29. The number of aliphatic hydroxyl groups is 1. The number of ether oxygens (including phenoxy) is 1. The number of carbonyl (C=O) groups is 1. The summed E-state index contributed by atoms with van der Waals surface area (Å²) in [5.74, 6) is -0.878. The Labute approximate surface area is 81.9 Å². The fourth-order valence-corrected chi connectivity index (χ4v) is 2.25. The SMILES string of the molecule is [NH3+][C@@H](C[C@@H]1CC[C@@H](O)[C@@H]2O[C@H]12)C(=O)[O-]. The van der Waals surface area contributed by atoms with E-state index in [-0.39, 0.29) is 24.2 Å². The summed E-state index contributed by atoms with van der Waals surface area (Å²) in [6.45, 7) is 0. The second-order valence-corrected chi connectivity index (χ2v) is 4.22. The maximum absolute atomic E-state index is 10.5. The van der Waals surface area contributed by atoms with Gasteiger partial charge in [0.05, 0.1) is 18.2 Å². The molecule has 5 heteroatoms. The molecule has 0 radical (unpaired) electrons. The number of fused-ring (bicyclic) bond motifs is 1. The summed E-state index contributed by atoms with van der Waals surface area (Å²) >= 11 is 0. The van der Waals surface area contributed by atoms with E-state index in [1.54, 1.807) is 0 Å². The quantitative estimate of drug-likeness (QED) is 0.484. The van der Waals surface area contributed by atoms with Crippen LogP contribution in [-0.2, 0) is 9.53 Å². The van der Waals surface area contributed by atoms with E-state index >= 15 is 0 Å². The van der Waals surface area contributed by atoms with E-state index in [9.17, 15) is 15.0 Å². The number of epoxide rings is 1. The van der Waals surface area contributed by atoms with Crippen molar-refractivity contribution in [3.8, 4) is 0 Å². The Morgan fingerprint density at radius 3 is 2.93 bits per heavy atom. The van der Waals surface area contributed by atoms with E-state index in [4.69, 9.17) is 4.74 Å². The largest absolute Gasteiger partial charge is 0.544 e. The van der Waals surface area contributed by atoms with Gasteiger partial charge >= 0.3 is 0 Å². The minimum absolute atomic E-state index is 0.0531. The Morgan fingerprint density at radius 2 is 2.29 bits per heavy atom. The van der Waals surface area contributed by atoms with Crippen molar-refractivity contribution in [1.82, 2.24) is 0 Å². The third-order valence-electron chi connectivity index (χ3n) is 3.16. The minimum atomic E-state index is -1.10. The van der Waals surface area contributed by atoms with Crippen molar-refractivity contribution in [3.05, 3.63) is 0 Å². The highest BCUT2D eigenvalue weighted by atomic mass is 16.6. The Morgan fingerprint density at radius 1 is 1.57 bits per heavy atom. The fourth-order valence-electron chi connectivity index (χ4n) is 2.25. The predicted octanol–water partition coefficient (Wildman–Crippen LogP) is -2.72. The molecule has 1 saturated heterocycles. The molecule has 5 nitrogen and oxygen atoms in total. The lowest BCUT2D eigenvalue weighted by atomic mass is 9.83. The van der Waals surface area contributed by atoms with Gasteiger partial charge in [-0.05, 0) is 18.8 Å². The molecule has 4 N–H and O–H groups in total. The van der Waals surface area contributed by atoms with Gasteiger partial charge in [-0.2, -0.15) is 0 Å². The number of aliphatic hydroxyl groups excluding tert-OH is 1. The highest BCUT2D eigenvalue weighted by Gasteiger charge is 2.52. The number of hydrogen-bond donors (Lipinski definition) is 2. The van der Waals surface area contributed by atoms with Crippen LogP contribution in [-0.4, -0.2) is 35.4 Å². The molecule has 0 bridgehead atoms. The highest BCUT2D eigenvalue weighted by molar-refractivity contribution is 5.69. The Hall–Kier alpha value is -0.650. The summed E-state index contributed by atoms with van der Waals surface area (Å²) in [6.07, 6.45) is 1.66. The molecule has 0 unspecified atom stereocenters. The molecule has 0 aromatic rings. The Kier molecular flexibility index (Phi) is 2.47. The highest BCUT2D eigenvalue weighted by Crippen LogP contribution is 2.42. The van der Waals surface area contributed by atoms with Crippen molar-refractivity contribution < 1.29 is 25.5 Å². The van der Waals surface area contributed by atoms with Gasteiger partial charge in [0.1, 0.15) is 12.1 Å². The van der Waals surface area contributed by atoms with Crippen LogP contribution >= 0.6 is 0 Å². The Balaban J connectivity index is 1.86. The van der Waals surface area contributed by atoms with Gasteiger partial charge in [0.2, 0.25) is 0 Å². The van der Waals surface area contributed by atoms with Crippen LogP contribution < -0.4 is 10.8 Å². The third-order valence-corrected chi connectivity index (χ3v) is 3.16. The molecule has 80 valence electrons. The molecule has 0 aromatic carbocycles. The first kappa shape index (κ1) is 9.89. The van der Waals surface area contributed by atoms with Crippen molar-refractivity contribution in [1.29, 1.82) is 0 Å². The van der Waals surface area contributed by atoms with Gasteiger partial charge in [0.15, 0.2) is 0 Å². The molecule has 1 saturated carbocycles. The van der Waals surface area contributed by atoms with Crippen LogP contribution in [0.15, 0.2) is 0 Å².